The molecule has 1 heterocycles. The minimum atomic E-state index is 0.671. The van der Waals surface area contributed by atoms with Crippen molar-refractivity contribution < 1.29 is 9.30 Å². The van der Waals surface area contributed by atoms with E-state index in [-0.39, 0.29) is 0 Å². The van der Waals surface area contributed by atoms with Gasteiger partial charge in [-0.1, -0.05) is 36.1 Å². The smallest absolute Gasteiger partial charge is 0.214 e. The minimum Gasteiger partial charge on any atom is -0.494 e. The van der Waals surface area contributed by atoms with Crippen LogP contribution in [0.3, 0.4) is 0 Å². The van der Waals surface area contributed by atoms with Gasteiger partial charge in [0.2, 0.25) is 11.0 Å². The molecule has 0 saturated heterocycles. The number of benzene rings is 3. The zero-order chi connectivity index (χ0) is 17.9. The lowest BCUT2D eigenvalue weighted by Gasteiger charge is -2.05. The van der Waals surface area contributed by atoms with Crippen molar-refractivity contribution in [2.45, 2.75) is 6.92 Å². The maximum absolute atomic E-state index is 5.50. The number of fused-ring (bicyclic) bond motifs is 2. The van der Waals surface area contributed by atoms with Gasteiger partial charge in [-0.2, -0.15) is 4.57 Å². The van der Waals surface area contributed by atoms with Gasteiger partial charge in [-0.25, -0.2) is 0 Å². The molecule has 0 aliphatic carbocycles. The van der Waals surface area contributed by atoms with Crippen LogP contribution in [-0.2, 0) is 7.05 Å². The van der Waals surface area contributed by atoms with Crippen molar-refractivity contribution in [3.63, 3.8) is 0 Å². The van der Waals surface area contributed by atoms with Gasteiger partial charge in [0, 0.05) is 17.7 Å². The highest BCUT2D eigenvalue weighted by atomic mass is 16.5. The lowest BCUT2D eigenvalue weighted by molar-refractivity contribution is -0.617. The summed E-state index contributed by atoms with van der Waals surface area (Å²) in [5.41, 5.74) is 4.42. The summed E-state index contributed by atoms with van der Waals surface area (Å²) in [6.07, 6.45) is 0. The van der Waals surface area contributed by atoms with E-state index in [1.165, 1.54) is 21.8 Å². The molecule has 0 saturated carbocycles. The van der Waals surface area contributed by atoms with Crippen molar-refractivity contribution >= 4 is 21.8 Å². The summed E-state index contributed by atoms with van der Waals surface area (Å²) in [6.45, 7) is 2.66. The number of pyridine rings is 1. The SMILES string of the molecule is CCOc1ccc(C#Cc2c3ccccc3[n+](C)c3ccccc23)cc1. The number of rotatable bonds is 2. The zero-order valence-corrected chi connectivity index (χ0v) is 15.0. The fourth-order valence-electron chi connectivity index (χ4n) is 3.30. The van der Waals surface area contributed by atoms with Crippen LogP contribution in [0, 0.1) is 11.8 Å². The van der Waals surface area contributed by atoms with Crippen LogP contribution in [0.15, 0.2) is 72.8 Å². The van der Waals surface area contributed by atoms with E-state index in [4.69, 9.17) is 4.74 Å². The molecule has 0 aliphatic rings. The third-order valence-electron chi connectivity index (χ3n) is 4.57. The highest BCUT2D eigenvalue weighted by Crippen LogP contribution is 2.23. The topological polar surface area (TPSA) is 13.1 Å². The Morgan fingerprint density at radius 3 is 1.92 bits per heavy atom. The third kappa shape index (κ3) is 2.89. The van der Waals surface area contributed by atoms with Crippen LogP contribution < -0.4 is 9.30 Å². The van der Waals surface area contributed by atoms with E-state index in [0.29, 0.717) is 6.61 Å². The monoisotopic (exact) mass is 338 g/mol. The van der Waals surface area contributed by atoms with E-state index in [2.05, 4.69) is 72.0 Å². The molecule has 0 radical (unpaired) electrons. The van der Waals surface area contributed by atoms with Crippen molar-refractivity contribution in [3.8, 4) is 17.6 Å². The summed E-state index contributed by atoms with van der Waals surface area (Å²) >= 11 is 0. The van der Waals surface area contributed by atoms with Gasteiger partial charge in [-0.3, -0.25) is 0 Å². The van der Waals surface area contributed by atoms with Gasteiger partial charge in [0.05, 0.1) is 22.9 Å². The molecule has 26 heavy (non-hydrogen) atoms. The maximum atomic E-state index is 5.50. The molecule has 4 aromatic rings. The van der Waals surface area contributed by atoms with E-state index in [1.807, 2.05) is 31.2 Å². The van der Waals surface area contributed by atoms with Gasteiger partial charge in [0.1, 0.15) is 12.8 Å². The molecule has 2 heteroatoms. The molecule has 0 atom stereocenters. The molecule has 2 nitrogen and oxygen atoms in total. The molecule has 0 spiro atoms. The highest BCUT2D eigenvalue weighted by molar-refractivity contribution is 5.97. The van der Waals surface area contributed by atoms with Crippen LogP contribution in [0.1, 0.15) is 18.1 Å². The standard InChI is InChI=1S/C24H20NO/c1-3-26-19-15-12-18(13-16-19)14-17-20-21-8-4-6-10-23(21)25(2)24-11-7-5-9-22(20)24/h4-13,15-16H,3H2,1-2H3/q+1. The fraction of sp³-hybridized carbons (Fsp3) is 0.125. The fourth-order valence-corrected chi connectivity index (χ4v) is 3.30. The lowest BCUT2D eigenvalue weighted by atomic mass is 10.0. The van der Waals surface area contributed by atoms with Gasteiger partial charge in [-0.15, -0.1) is 0 Å². The molecule has 0 bridgehead atoms. The highest BCUT2D eigenvalue weighted by Gasteiger charge is 2.15. The molecule has 126 valence electrons. The molecule has 0 amide bonds. The number of para-hydroxylation sites is 2. The summed E-state index contributed by atoms with van der Waals surface area (Å²) in [6, 6.07) is 24.8. The quantitative estimate of drug-likeness (QED) is 0.295. The Morgan fingerprint density at radius 2 is 1.35 bits per heavy atom. The van der Waals surface area contributed by atoms with Gasteiger partial charge in [0.15, 0.2) is 0 Å². The van der Waals surface area contributed by atoms with Crippen molar-refractivity contribution in [2.75, 3.05) is 6.61 Å². The number of nitrogens with zero attached hydrogens (tertiary/aromatic N) is 1. The first-order valence-electron chi connectivity index (χ1n) is 8.82. The summed E-state index contributed by atoms with van der Waals surface area (Å²) in [7, 11) is 2.11. The number of ether oxygens (including phenoxy) is 1. The normalized spacial score (nSPS) is 10.5. The van der Waals surface area contributed by atoms with Gasteiger partial charge in [-0.05, 0) is 43.3 Å². The van der Waals surface area contributed by atoms with Gasteiger partial charge in [0.25, 0.3) is 0 Å². The first-order valence-corrected chi connectivity index (χ1v) is 8.82. The second-order valence-corrected chi connectivity index (χ2v) is 6.18. The summed E-state index contributed by atoms with van der Waals surface area (Å²) in [4.78, 5) is 0. The Morgan fingerprint density at radius 1 is 0.769 bits per heavy atom. The first kappa shape index (κ1) is 16.2. The van der Waals surface area contributed by atoms with E-state index in [1.54, 1.807) is 0 Å². The molecule has 0 aliphatic heterocycles. The molecule has 1 aromatic heterocycles. The van der Waals surface area contributed by atoms with Gasteiger partial charge < -0.3 is 4.74 Å². The summed E-state index contributed by atoms with van der Waals surface area (Å²) < 4.78 is 7.73. The van der Waals surface area contributed by atoms with Crippen LogP contribution in [0.5, 0.6) is 5.75 Å². The average molecular weight is 338 g/mol. The lowest BCUT2D eigenvalue weighted by Crippen LogP contribution is -2.30. The van der Waals surface area contributed by atoms with Crippen molar-refractivity contribution in [3.05, 3.63) is 83.9 Å². The molecule has 0 unspecified atom stereocenters. The predicted octanol–water partition coefficient (Wildman–Crippen LogP) is 4.62. The Balaban J connectivity index is 1.89. The Bertz CT molecular complexity index is 1090. The molecular formula is C24H20NO+. The van der Waals surface area contributed by atoms with E-state index in [9.17, 15) is 0 Å². The summed E-state index contributed by atoms with van der Waals surface area (Å²) in [5, 5.41) is 2.35. The molecular weight excluding hydrogens is 318 g/mol. The Hall–Kier alpha value is -3.31. The third-order valence-corrected chi connectivity index (χ3v) is 4.57. The Kier molecular flexibility index (Phi) is 4.29. The number of aryl methyl sites for hydroxylation is 1. The average Bonchev–Trinajstić information content (AvgIpc) is 2.69. The van der Waals surface area contributed by atoms with Crippen molar-refractivity contribution in [1.29, 1.82) is 0 Å². The van der Waals surface area contributed by atoms with E-state index in [0.717, 1.165) is 16.9 Å². The molecule has 3 aromatic carbocycles. The van der Waals surface area contributed by atoms with E-state index < -0.39 is 0 Å². The van der Waals surface area contributed by atoms with Crippen LogP contribution in [0.4, 0.5) is 0 Å². The van der Waals surface area contributed by atoms with Crippen LogP contribution in [-0.4, -0.2) is 6.61 Å². The zero-order valence-electron chi connectivity index (χ0n) is 15.0. The van der Waals surface area contributed by atoms with Crippen molar-refractivity contribution in [2.24, 2.45) is 7.05 Å². The Labute approximate surface area is 153 Å². The second kappa shape index (κ2) is 6.90. The molecule has 0 fully saturated rings. The minimum absolute atomic E-state index is 0.671. The number of aromatic nitrogens is 1. The second-order valence-electron chi connectivity index (χ2n) is 6.18. The van der Waals surface area contributed by atoms with Crippen molar-refractivity contribution in [1.82, 2.24) is 0 Å². The first-order chi connectivity index (χ1) is 12.8. The van der Waals surface area contributed by atoms with E-state index >= 15 is 0 Å². The van der Waals surface area contributed by atoms with Crippen LogP contribution in [0.2, 0.25) is 0 Å². The number of hydrogen-bond acceptors (Lipinski definition) is 1. The maximum Gasteiger partial charge on any atom is 0.214 e. The molecule has 4 rings (SSSR count). The predicted molar refractivity (Wildman–Crippen MR) is 106 cm³/mol. The van der Waals surface area contributed by atoms with Gasteiger partial charge >= 0.3 is 0 Å². The number of hydrogen-bond donors (Lipinski definition) is 0. The largest absolute Gasteiger partial charge is 0.494 e. The van der Waals surface area contributed by atoms with Crippen LogP contribution in [0.25, 0.3) is 21.8 Å². The molecule has 0 N–H and O–H groups in total. The summed E-state index contributed by atoms with van der Waals surface area (Å²) in [5.74, 6) is 7.62. The van der Waals surface area contributed by atoms with Crippen LogP contribution >= 0.6 is 0 Å².